The molecule has 3 rings (SSSR count). The second kappa shape index (κ2) is 9.39. The predicted octanol–water partition coefficient (Wildman–Crippen LogP) is 4.41. The largest absolute Gasteiger partial charge is 0.466 e. The molecule has 2 aromatic rings. The average Bonchev–Trinajstić information content (AvgIpc) is 3.25. The molecule has 0 aliphatic carbocycles. The van der Waals surface area contributed by atoms with Crippen LogP contribution >= 0.6 is 11.3 Å². The lowest BCUT2D eigenvalue weighted by atomic mass is 9.84. The van der Waals surface area contributed by atoms with Crippen LogP contribution in [0.3, 0.4) is 0 Å². The third-order valence-corrected chi connectivity index (χ3v) is 5.57. The molecule has 1 aliphatic rings. The van der Waals surface area contributed by atoms with E-state index in [9.17, 15) is 9.59 Å². The summed E-state index contributed by atoms with van der Waals surface area (Å²) in [5.41, 5.74) is 3.22. The van der Waals surface area contributed by atoms with E-state index in [0.29, 0.717) is 22.5 Å². The summed E-state index contributed by atoms with van der Waals surface area (Å²) in [6.45, 7) is 3.76. The Morgan fingerprint density at radius 2 is 1.72 bits per heavy atom. The first-order valence-corrected chi connectivity index (χ1v) is 10.1. The zero-order valence-corrected chi connectivity index (χ0v) is 17.4. The number of hydrogen-bond donors (Lipinski definition) is 1. The van der Waals surface area contributed by atoms with Crippen molar-refractivity contribution in [3.63, 3.8) is 0 Å². The molecule has 0 saturated carbocycles. The Balaban J connectivity index is 1.83. The SMILES string of the molecule is COC(=O)C1=C(C)NC(C)=C(C(=O)OC/C=C/c2ccccc2)C1c1cccs1. The summed E-state index contributed by atoms with van der Waals surface area (Å²) >= 11 is 1.49. The van der Waals surface area contributed by atoms with E-state index in [-0.39, 0.29) is 6.61 Å². The number of carbonyl (C=O) groups excluding carboxylic acids is 2. The number of ether oxygens (including phenoxy) is 2. The molecule has 6 heteroatoms. The molecule has 1 N–H and O–H groups in total. The Hall–Kier alpha value is -3.12. The van der Waals surface area contributed by atoms with Gasteiger partial charge in [0, 0.05) is 16.3 Å². The lowest BCUT2D eigenvalue weighted by Gasteiger charge is -2.29. The maximum absolute atomic E-state index is 13.0. The molecule has 1 aromatic heterocycles. The van der Waals surface area contributed by atoms with Gasteiger partial charge in [0.25, 0.3) is 0 Å². The van der Waals surface area contributed by atoms with E-state index < -0.39 is 17.9 Å². The third-order valence-electron chi connectivity index (χ3n) is 4.63. The highest BCUT2D eigenvalue weighted by Gasteiger charge is 2.38. The van der Waals surface area contributed by atoms with Gasteiger partial charge in [-0.05, 0) is 36.9 Å². The maximum atomic E-state index is 13.0. The van der Waals surface area contributed by atoms with Crippen LogP contribution in [-0.4, -0.2) is 25.7 Å². The molecule has 0 spiro atoms. The number of nitrogens with one attached hydrogen (secondary N) is 1. The van der Waals surface area contributed by atoms with Gasteiger partial charge in [-0.25, -0.2) is 9.59 Å². The topological polar surface area (TPSA) is 64.6 Å². The highest BCUT2D eigenvalue weighted by atomic mass is 32.1. The van der Waals surface area contributed by atoms with Crippen LogP contribution in [0.4, 0.5) is 0 Å². The quantitative estimate of drug-likeness (QED) is 0.716. The van der Waals surface area contributed by atoms with Gasteiger partial charge in [0.1, 0.15) is 6.61 Å². The molecule has 0 saturated heterocycles. The summed E-state index contributed by atoms with van der Waals surface area (Å²) < 4.78 is 10.5. The normalized spacial score (nSPS) is 16.7. The standard InChI is InChI=1S/C23H23NO4S/c1-15-19(22(25)27-3)21(18-12-8-14-29-18)20(16(2)24-15)23(26)28-13-7-11-17-9-5-4-6-10-17/h4-12,14,21,24H,13H2,1-3H3/b11-7+. The van der Waals surface area contributed by atoms with Crippen LogP contribution in [0, 0.1) is 0 Å². The Kier molecular flexibility index (Phi) is 6.67. The minimum Gasteiger partial charge on any atom is -0.466 e. The zero-order valence-electron chi connectivity index (χ0n) is 16.6. The summed E-state index contributed by atoms with van der Waals surface area (Å²) in [5, 5.41) is 5.05. The van der Waals surface area contributed by atoms with E-state index in [4.69, 9.17) is 9.47 Å². The van der Waals surface area contributed by atoms with Crippen molar-refractivity contribution in [2.24, 2.45) is 0 Å². The lowest BCUT2D eigenvalue weighted by molar-refractivity contribution is -0.138. The van der Waals surface area contributed by atoms with Crippen molar-refractivity contribution in [3.8, 4) is 0 Å². The van der Waals surface area contributed by atoms with Crippen LogP contribution in [0.2, 0.25) is 0 Å². The molecule has 5 nitrogen and oxygen atoms in total. The van der Waals surface area contributed by atoms with E-state index in [2.05, 4.69) is 5.32 Å². The van der Waals surface area contributed by atoms with Gasteiger partial charge in [-0.2, -0.15) is 0 Å². The van der Waals surface area contributed by atoms with E-state index >= 15 is 0 Å². The lowest BCUT2D eigenvalue weighted by Crippen LogP contribution is -2.32. The molecule has 1 aliphatic heterocycles. The number of methoxy groups -OCH3 is 1. The summed E-state index contributed by atoms with van der Waals surface area (Å²) in [4.78, 5) is 26.3. The van der Waals surface area contributed by atoms with Crippen molar-refractivity contribution in [1.82, 2.24) is 5.32 Å². The van der Waals surface area contributed by atoms with Gasteiger partial charge >= 0.3 is 11.9 Å². The van der Waals surface area contributed by atoms with Gasteiger partial charge in [-0.3, -0.25) is 0 Å². The van der Waals surface area contributed by atoms with Crippen molar-refractivity contribution in [1.29, 1.82) is 0 Å². The number of benzene rings is 1. The maximum Gasteiger partial charge on any atom is 0.337 e. The van der Waals surface area contributed by atoms with Gasteiger partial charge in [-0.15, -0.1) is 11.3 Å². The zero-order chi connectivity index (χ0) is 20.8. The first kappa shape index (κ1) is 20.6. The van der Waals surface area contributed by atoms with Gasteiger partial charge < -0.3 is 14.8 Å². The van der Waals surface area contributed by atoms with Crippen molar-refractivity contribution < 1.29 is 19.1 Å². The van der Waals surface area contributed by atoms with Crippen molar-refractivity contribution >= 4 is 29.4 Å². The van der Waals surface area contributed by atoms with Crippen LogP contribution in [0.1, 0.15) is 30.2 Å². The fraction of sp³-hybridized carbons (Fsp3) is 0.217. The number of esters is 2. The minimum atomic E-state index is -0.519. The first-order valence-electron chi connectivity index (χ1n) is 9.22. The Bertz CT molecular complexity index is 972. The highest BCUT2D eigenvalue weighted by molar-refractivity contribution is 7.10. The van der Waals surface area contributed by atoms with Crippen LogP contribution in [-0.2, 0) is 19.1 Å². The summed E-state index contributed by atoms with van der Waals surface area (Å²) in [6, 6.07) is 13.6. The fourth-order valence-electron chi connectivity index (χ4n) is 3.34. The average molecular weight is 410 g/mol. The minimum absolute atomic E-state index is 0.137. The molecule has 2 heterocycles. The number of carbonyl (C=O) groups is 2. The summed E-state index contributed by atoms with van der Waals surface area (Å²) in [5.74, 6) is -1.44. The number of hydrogen-bond acceptors (Lipinski definition) is 6. The van der Waals surface area contributed by atoms with Gasteiger partial charge in [0.2, 0.25) is 0 Å². The van der Waals surface area contributed by atoms with Crippen molar-refractivity contribution in [2.75, 3.05) is 13.7 Å². The first-order chi connectivity index (χ1) is 14.0. The number of dihydropyridines is 1. The second-order valence-electron chi connectivity index (χ2n) is 6.55. The number of allylic oxidation sites excluding steroid dienone is 2. The van der Waals surface area contributed by atoms with Gasteiger partial charge in [-0.1, -0.05) is 42.5 Å². The number of rotatable bonds is 6. The third kappa shape index (κ3) is 4.66. The summed E-state index contributed by atoms with van der Waals surface area (Å²) in [7, 11) is 1.34. The molecule has 0 amide bonds. The Morgan fingerprint density at radius 3 is 2.34 bits per heavy atom. The van der Waals surface area contributed by atoms with Crippen molar-refractivity contribution in [2.45, 2.75) is 19.8 Å². The molecule has 1 aromatic carbocycles. The van der Waals surface area contributed by atoms with E-state index in [1.807, 2.05) is 60.8 Å². The van der Waals surface area contributed by atoms with Crippen molar-refractivity contribution in [3.05, 3.63) is 86.9 Å². The molecule has 0 fully saturated rings. The summed E-state index contributed by atoms with van der Waals surface area (Å²) in [6.07, 6.45) is 3.69. The van der Waals surface area contributed by atoms with Crippen LogP contribution in [0.25, 0.3) is 6.08 Å². The molecular formula is C23H23NO4S. The van der Waals surface area contributed by atoms with Gasteiger partial charge in [0.05, 0.1) is 24.2 Å². The molecule has 1 unspecified atom stereocenters. The second-order valence-corrected chi connectivity index (χ2v) is 7.53. The fourth-order valence-corrected chi connectivity index (χ4v) is 4.18. The molecule has 1 atom stereocenters. The molecular weight excluding hydrogens is 386 g/mol. The van der Waals surface area contributed by atoms with E-state index in [1.165, 1.54) is 18.4 Å². The highest BCUT2D eigenvalue weighted by Crippen LogP contribution is 2.40. The monoisotopic (exact) mass is 409 g/mol. The smallest absolute Gasteiger partial charge is 0.337 e. The van der Waals surface area contributed by atoms with E-state index in [0.717, 1.165) is 10.4 Å². The molecule has 0 bridgehead atoms. The molecule has 150 valence electrons. The van der Waals surface area contributed by atoms with E-state index in [1.54, 1.807) is 13.0 Å². The van der Waals surface area contributed by atoms with Crippen LogP contribution in [0.5, 0.6) is 0 Å². The Labute approximate surface area is 174 Å². The van der Waals surface area contributed by atoms with Crippen LogP contribution < -0.4 is 5.32 Å². The predicted molar refractivity (Wildman–Crippen MR) is 114 cm³/mol. The number of thiophene rings is 1. The molecule has 29 heavy (non-hydrogen) atoms. The Morgan fingerprint density at radius 1 is 1.03 bits per heavy atom. The van der Waals surface area contributed by atoms with Crippen LogP contribution in [0.15, 0.2) is 76.5 Å². The molecule has 0 radical (unpaired) electrons. The van der Waals surface area contributed by atoms with Gasteiger partial charge in [0.15, 0.2) is 0 Å².